The molecule has 1 aromatic carbocycles. The average molecular weight is 185 g/mol. The Labute approximate surface area is 82.1 Å². The van der Waals surface area contributed by atoms with Crippen LogP contribution < -0.4 is 0 Å². The molecular formula is C11H9N2O. The number of allylic oxidation sites excluding steroid dienone is 1. The second-order valence-electron chi connectivity index (χ2n) is 2.77. The van der Waals surface area contributed by atoms with Gasteiger partial charge in [-0.25, -0.2) is 0 Å². The van der Waals surface area contributed by atoms with Crippen LogP contribution >= 0.6 is 0 Å². The van der Waals surface area contributed by atoms with Crippen LogP contribution in [-0.4, -0.2) is 10.1 Å². The Kier molecular flexibility index (Phi) is 2.40. The molecule has 0 amide bonds. The van der Waals surface area contributed by atoms with Crippen molar-refractivity contribution in [3.05, 3.63) is 49.2 Å². The zero-order valence-electron chi connectivity index (χ0n) is 7.55. The quantitative estimate of drug-likeness (QED) is 0.721. The van der Waals surface area contributed by atoms with Crippen LogP contribution in [0.4, 0.5) is 0 Å². The molecule has 0 aliphatic heterocycles. The van der Waals surface area contributed by atoms with Crippen LogP contribution in [0.15, 0.2) is 41.2 Å². The summed E-state index contributed by atoms with van der Waals surface area (Å²) in [6, 6.07) is 7.81. The first-order chi connectivity index (χ1) is 6.90. The molecule has 2 rings (SSSR count). The zero-order valence-corrected chi connectivity index (χ0v) is 7.55. The van der Waals surface area contributed by atoms with Crippen molar-refractivity contribution in [1.82, 2.24) is 10.1 Å². The van der Waals surface area contributed by atoms with Gasteiger partial charge in [-0.1, -0.05) is 29.4 Å². The lowest BCUT2D eigenvalue weighted by Crippen LogP contribution is -1.77. The summed E-state index contributed by atoms with van der Waals surface area (Å²) in [5.41, 5.74) is 2.02. The Morgan fingerprint density at radius 2 is 2.00 bits per heavy atom. The van der Waals surface area contributed by atoms with E-state index in [1.807, 2.05) is 30.3 Å². The highest BCUT2D eigenvalue weighted by molar-refractivity contribution is 5.58. The van der Waals surface area contributed by atoms with Crippen molar-refractivity contribution in [2.24, 2.45) is 0 Å². The van der Waals surface area contributed by atoms with Gasteiger partial charge in [0.15, 0.2) is 6.33 Å². The van der Waals surface area contributed by atoms with Gasteiger partial charge in [0.25, 0.3) is 5.89 Å². The van der Waals surface area contributed by atoms with Crippen LogP contribution in [0.1, 0.15) is 5.56 Å². The van der Waals surface area contributed by atoms with Crippen LogP contribution in [-0.2, 0) is 0 Å². The molecule has 1 aromatic heterocycles. The van der Waals surface area contributed by atoms with Crippen LogP contribution in [0.25, 0.3) is 17.5 Å². The minimum absolute atomic E-state index is 0.537. The van der Waals surface area contributed by atoms with Crippen molar-refractivity contribution in [2.45, 2.75) is 0 Å². The predicted octanol–water partition coefficient (Wildman–Crippen LogP) is 2.58. The zero-order chi connectivity index (χ0) is 9.80. The molecule has 0 unspecified atom stereocenters. The first-order valence-corrected chi connectivity index (χ1v) is 4.23. The van der Waals surface area contributed by atoms with Crippen LogP contribution in [0.3, 0.4) is 0 Å². The summed E-state index contributed by atoms with van der Waals surface area (Å²) in [7, 11) is 0. The highest BCUT2D eigenvalue weighted by Crippen LogP contribution is 2.16. The third kappa shape index (κ3) is 1.71. The molecule has 3 nitrogen and oxygen atoms in total. The van der Waals surface area contributed by atoms with Crippen LogP contribution in [0, 0.1) is 6.92 Å². The number of aromatic nitrogens is 2. The smallest absolute Gasteiger partial charge is 0.257 e. The predicted molar refractivity (Wildman–Crippen MR) is 54.1 cm³/mol. The molecule has 0 bridgehead atoms. The molecule has 0 fully saturated rings. The summed E-state index contributed by atoms with van der Waals surface area (Å²) in [5.74, 6) is 0.537. The number of benzene rings is 1. The molecule has 0 atom stereocenters. The van der Waals surface area contributed by atoms with Crippen LogP contribution in [0.5, 0.6) is 0 Å². The van der Waals surface area contributed by atoms with E-state index in [4.69, 9.17) is 4.52 Å². The summed E-state index contributed by atoms with van der Waals surface area (Å²) >= 11 is 0. The lowest BCUT2D eigenvalue weighted by molar-refractivity contribution is 0.430. The third-order valence-corrected chi connectivity index (χ3v) is 1.83. The Balaban J connectivity index is 2.31. The molecule has 0 N–H and O–H groups in total. The van der Waals surface area contributed by atoms with Gasteiger partial charge in [0, 0.05) is 5.56 Å². The highest BCUT2D eigenvalue weighted by Gasteiger charge is 2.01. The van der Waals surface area contributed by atoms with E-state index in [0.717, 1.165) is 11.1 Å². The largest absolute Gasteiger partial charge is 0.334 e. The molecule has 14 heavy (non-hydrogen) atoms. The van der Waals surface area contributed by atoms with E-state index < -0.39 is 0 Å². The number of rotatable bonds is 2. The first-order valence-electron chi connectivity index (χ1n) is 4.23. The maximum atomic E-state index is 4.93. The van der Waals surface area contributed by atoms with Gasteiger partial charge < -0.3 is 4.52 Å². The molecule has 0 saturated carbocycles. The Hall–Kier alpha value is -1.90. The second kappa shape index (κ2) is 3.87. The second-order valence-corrected chi connectivity index (χ2v) is 2.77. The molecule has 3 heteroatoms. The van der Waals surface area contributed by atoms with Gasteiger partial charge in [0.2, 0.25) is 0 Å². The first kappa shape index (κ1) is 8.69. The van der Waals surface area contributed by atoms with E-state index in [1.54, 1.807) is 6.08 Å². The van der Waals surface area contributed by atoms with Crippen molar-refractivity contribution in [2.75, 3.05) is 0 Å². The Morgan fingerprint density at radius 1 is 1.21 bits per heavy atom. The minimum Gasteiger partial charge on any atom is -0.334 e. The van der Waals surface area contributed by atoms with Gasteiger partial charge in [-0.3, -0.25) is 0 Å². The maximum Gasteiger partial charge on any atom is 0.257 e. The summed E-state index contributed by atoms with van der Waals surface area (Å²) in [5, 5.41) is 3.55. The summed E-state index contributed by atoms with van der Waals surface area (Å²) in [4.78, 5) is 3.95. The molecule has 0 aliphatic carbocycles. The van der Waals surface area contributed by atoms with Crippen molar-refractivity contribution >= 4 is 6.08 Å². The average Bonchev–Trinajstić information content (AvgIpc) is 2.72. The fourth-order valence-electron chi connectivity index (χ4n) is 1.17. The van der Waals surface area contributed by atoms with Crippen molar-refractivity contribution in [3.63, 3.8) is 0 Å². The molecule has 1 radical (unpaired) electrons. The molecule has 1 heterocycles. The molecular weight excluding hydrogens is 176 g/mol. The van der Waals surface area contributed by atoms with E-state index in [2.05, 4.69) is 17.1 Å². The van der Waals surface area contributed by atoms with Gasteiger partial charge in [0.05, 0.1) is 0 Å². The third-order valence-electron chi connectivity index (χ3n) is 1.83. The normalized spacial score (nSPS) is 10.9. The van der Waals surface area contributed by atoms with Gasteiger partial charge in [0.1, 0.15) is 0 Å². The molecule has 2 aromatic rings. The molecule has 0 aliphatic rings. The standard InChI is InChI=1S/C11H9N2O/c1-2-3-9-4-6-10(7-5-9)11-12-8-13-14-11/h2-8H,1H2/b3-2+. The minimum atomic E-state index is 0.537. The van der Waals surface area contributed by atoms with E-state index >= 15 is 0 Å². The van der Waals surface area contributed by atoms with Crippen molar-refractivity contribution < 1.29 is 4.52 Å². The maximum absolute atomic E-state index is 4.93. The van der Waals surface area contributed by atoms with E-state index in [0.29, 0.717) is 5.89 Å². The topological polar surface area (TPSA) is 38.9 Å². The SMILES string of the molecule is [CH2]/C=C/c1ccc(-c2ncno2)cc1. The molecule has 0 spiro atoms. The summed E-state index contributed by atoms with van der Waals surface area (Å²) in [6.07, 6.45) is 5.07. The van der Waals surface area contributed by atoms with Crippen LogP contribution in [0.2, 0.25) is 0 Å². The Bertz CT molecular complexity index is 415. The van der Waals surface area contributed by atoms with Crippen molar-refractivity contribution in [1.29, 1.82) is 0 Å². The number of hydrogen-bond donors (Lipinski definition) is 0. The fraction of sp³-hybridized carbons (Fsp3) is 0. The fourth-order valence-corrected chi connectivity index (χ4v) is 1.17. The molecule has 69 valence electrons. The number of nitrogens with zero attached hydrogens (tertiary/aromatic N) is 2. The number of hydrogen-bond acceptors (Lipinski definition) is 3. The van der Waals surface area contributed by atoms with E-state index in [9.17, 15) is 0 Å². The van der Waals surface area contributed by atoms with E-state index in [1.165, 1.54) is 6.33 Å². The lowest BCUT2D eigenvalue weighted by atomic mass is 10.1. The highest BCUT2D eigenvalue weighted by atomic mass is 16.5. The molecule has 0 saturated heterocycles. The van der Waals surface area contributed by atoms with E-state index in [-0.39, 0.29) is 0 Å². The van der Waals surface area contributed by atoms with Crippen molar-refractivity contribution in [3.8, 4) is 11.5 Å². The lowest BCUT2D eigenvalue weighted by Gasteiger charge is -1.95. The summed E-state index contributed by atoms with van der Waals surface area (Å²) in [6.45, 7) is 3.63. The monoisotopic (exact) mass is 185 g/mol. The van der Waals surface area contributed by atoms with Gasteiger partial charge in [-0.2, -0.15) is 4.98 Å². The summed E-state index contributed by atoms with van der Waals surface area (Å²) < 4.78 is 4.93. The Morgan fingerprint density at radius 3 is 2.57 bits per heavy atom. The van der Waals surface area contributed by atoms with Gasteiger partial charge in [-0.15, -0.1) is 0 Å². The van der Waals surface area contributed by atoms with Gasteiger partial charge >= 0.3 is 0 Å². The van der Waals surface area contributed by atoms with Gasteiger partial charge in [-0.05, 0) is 24.6 Å².